The van der Waals surface area contributed by atoms with Gasteiger partial charge in [-0.1, -0.05) is 15.9 Å². The molecule has 1 aromatic rings. The van der Waals surface area contributed by atoms with Gasteiger partial charge in [-0.2, -0.15) is 0 Å². The van der Waals surface area contributed by atoms with Crippen LogP contribution in [-0.2, 0) is 4.74 Å². The van der Waals surface area contributed by atoms with Crippen LogP contribution in [0.3, 0.4) is 0 Å². The lowest BCUT2D eigenvalue weighted by Crippen LogP contribution is -2.31. The lowest BCUT2D eigenvalue weighted by atomic mass is 10.1. The first-order valence-electron chi connectivity index (χ1n) is 5.82. The van der Waals surface area contributed by atoms with Crippen LogP contribution in [0.25, 0.3) is 0 Å². The van der Waals surface area contributed by atoms with E-state index in [1.807, 2.05) is 25.1 Å². The monoisotopic (exact) mass is 297 g/mol. The highest BCUT2D eigenvalue weighted by Crippen LogP contribution is 2.15. The van der Waals surface area contributed by atoms with Gasteiger partial charge >= 0.3 is 0 Å². The fraction of sp³-hybridized carbons (Fsp3) is 0.462. The van der Waals surface area contributed by atoms with Crippen LogP contribution in [0.15, 0.2) is 22.7 Å². The molecule has 1 atom stereocenters. The van der Waals surface area contributed by atoms with Crippen molar-refractivity contribution in [1.29, 1.82) is 0 Å². The molecule has 2 rings (SSSR count). The van der Waals surface area contributed by atoms with Crippen molar-refractivity contribution >= 4 is 21.8 Å². The van der Waals surface area contributed by atoms with Gasteiger partial charge in [-0.25, -0.2) is 0 Å². The molecule has 0 spiro atoms. The van der Waals surface area contributed by atoms with Crippen molar-refractivity contribution in [3.8, 4) is 0 Å². The molecule has 1 saturated heterocycles. The molecule has 3 nitrogen and oxygen atoms in total. The number of amides is 1. The molecule has 17 heavy (non-hydrogen) atoms. The molecule has 0 saturated carbocycles. The van der Waals surface area contributed by atoms with E-state index in [0.717, 1.165) is 29.5 Å². The summed E-state index contributed by atoms with van der Waals surface area (Å²) in [7, 11) is 0. The van der Waals surface area contributed by atoms with Crippen LogP contribution in [0, 0.1) is 6.92 Å². The summed E-state index contributed by atoms with van der Waals surface area (Å²) in [6.07, 6.45) is 2.32. The van der Waals surface area contributed by atoms with Gasteiger partial charge in [-0.3, -0.25) is 4.79 Å². The molecule has 92 valence electrons. The molecule has 1 heterocycles. The van der Waals surface area contributed by atoms with Crippen LogP contribution in [0.4, 0.5) is 0 Å². The van der Waals surface area contributed by atoms with Gasteiger partial charge in [-0.05, 0) is 43.5 Å². The summed E-state index contributed by atoms with van der Waals surface area (Å²) in [5.41, 5.74) is 1.76. The Bertz CT molecular complexity index is 394. The van der Waals surface area contributed by atoms with Gasteiger partial charge in [0.1, 0.15) is 0 Å². The third-order valence-corrected chi connectivity index (χ3v) is 3.28. The summed E-state index contributed by atoms with van der Waals surface area (Å²) in [6, 6.07) is 5.70. The number of halogens is 1. The Kier molecular flexibility index (Phi) is 4.18. The van der Waals surface area contributed by atoms with Gasteiger partial charge in [-0.15, -0.1) is 0 Å². The summed E-state index contributed by atoms with van der Waals surface area (Å²) in [4.78, 5) is 11.9. The van der Waals surface area contributed by atoms with E-state index in [-0.39, 0.29) is 12.0 Å². The Morgan fingerprint density at radius 1 is 1.53 bits per heavy atom. The van der Waals surface area contributed by atoms with Crippen LogP contribution in [0.5, 0.6) is 0 Å². The quantitative estimate of drug-likeness (QED) is 0.931. The third kappa shape index (κ3) is 3.54. The molecule has 1 aliphatic rings. The minimum atomic E-state index is -0.0371. The molecule has 0 bridgehead atoms. The van der Waals surface area contributed by atoms with Gasteiger partial charge in [0.2, 0.25) is 0 Å². The first-order valence-corrected chi connectivity index (χ1v) is 6.61. The fourth-order valence-electron chi connectivity index (χ4n) is 1.98. The SMILES string of the molecule is Cc1cc(Br)cc(C(=O)NCC2CCCO2)c1. The lowest BCUT2D eigenvalue weighted by molar-refractivity contribution is 0.0857. The van der Waals surface area contributed by atoms with Crippen LogP contribution < -0.4 is 5.32 Å². The summed E-state index contributed by atoms with van der Waals surface area (Å²) in [5.74, 6) is -0.0371. The molecule has 1 amide bonds. The van der Waals surface area contributed by atoms with Gasteiger partial charge in [0.05, 0.1) is 6.10 Å². The lowest BCUT2D eigenvalue weighted by Gasteiger charge is -2.11. The summed E-state index contributed by atoms with van der Waals surface area (Å²) in [5, 5.41) is 2.91. The molecule has 1 fully saturated rings. The van der Waals surface area contributed by atoms with Crippen molar-refractivity contribution in [3.63, 3.8) is 0 Å². The largest absolute Gasteiger partial charge is 0.376 e. The van der Waals surface area contributed by atoms with Crippen molar-refractivity contribution in [2.24, 2.45) is 0 Å². The molecular weight excluding hydrogens is 282 g/mol. The van der Waals surface area contributed by atoms with Crippen LogP contribution in [0.2, 0.25) is 0 Å². The zero-order valence-corrected chi connectivity index (χ0v) is 11.4. The van der Waals surface area contributed by atoms with Crippen molar-refractivity contribution in [3.05, 3.63) is 33.8 Å². The first-order chi connectivity index (χ1) is 8.15. The number of carbonyl (C=O) groups is 1. The fourth-order valence-corrected chi connectivity index (χ4v) is 2.59. The average molecular weight is 298 g/mol. The number of carbonyl (C=O) groups excluding carboxylic acids is 1. The smallest absolute Gasteiger partial charge is 0.251 e. The zero-order valence-electron chi connectivity index (χ0n) is 9.83. The second-order valence-corrected chi connectivity index (χ2v) is 5.28. The summed E-state index contributed by atoms with van der Waals surface area (Å²) in [6.45, 7) is 3.39. The molecule has 0 radical (unpaired) electrons. The van der Waals surface area contributed by atoms with E-state index in [4.69, 9.17) is 4.74 Å². The summed E-state index contributed by atoms with van der Waals surface area (Å²) < 4.78 is 6.39. The molecule has 1 aliphatic heterocycles. The third-order valence-electron chi connectivity index (χ3n) is 2.82. The Hall–Kier alpha value is -0.870. The first kappa shape index (κ1) is 12.6. The molecule has 1 aromatic carbocycles. The number of hydrogen-bond donors (Lipinski definition) is 1. The van der Waals surface area contributed by atoms with E-state index >= 15 is 0 Å². The van der Waals surface area contributed by atoms with E-state index < -0.39 is 0 Å². The molecule has 4 heteroatoms. The van der Waals surface area contributed by atoms with Crippen molar-refractivity contribution < 1.29 is 9.53 Å². The minimum Gasteiger partial charge on any atom is -0.376 e. The second kappa shape index (κ2) is 5.65. The summed E-state index contributed by atoms with van der Waals surface area (Å²) >= 11 is 3.39. The maximum atomic E-state index is 11.9. The van der Waals surface area contributed by atoms with Gasteiger partial charge in [0, 0.05) is 23.2 Å². The highest BCUT2D eigenvalue weighted by Gasteiger charge is 2.16. The van der Waals surface area contributed by atoms with E-state index in [1.165, 1.54) is 0 Å². The number of benzene rings is 1. The van der Waals surface area contributed by atoms with E-state index in [9.17, 15) is 4.79 Å². The molecule has 1 N–H and O–H groups in total. The van der Waals surface area contributed by atoms with Crippen molar-refractivity contribution in [1.82, 2.24) is 5.32 Å². The zero-order chi connectivity index (χ0) is 12.3. The van der Waals surface area contributed by atoms with Crippen LogP contribution in [0.1, 0.15) is 28.8 Å². The topological polar surface area (TPSA) is 38.3 Å². The minimum absolute atomic E-state index is 0.0371. The maximum absolute atomic E-state index is 11.9. The van der Waals surface area contributed by atoms with E-state index in [2.05, 4.69) is 21.2 Å². The predicted octanol–water partition coefficient (Wildman–Crippen LogP) is 2.67. The molecular formula is C13H16BrNO2. The van der Waals surface area contributed by atoms with Crippen molar-refractivity contribution in [2.75, 3.05) is 13.2 Å². The Morgan fingerprint density at radius 3 is 3.00 bits per heavy atom. The maximum Gasteiger partial charge on any atom is 0.251 e. The normalized spacial score (nSPS) is 19.3. The van der Waals surface area contributed by atoms with Crippen LogP contribution >= 0.6 is 15.9 Å². The van der Waals surface area contributed by atoms with Crippen molar-refractivity contribution in [2.45, 2.75) is 25.9 Å². The van der Waals surface area contributed by atoms with Crippen LogP contribution in [-0.4, -0.2) is 25.2 Å². The molecule has 0 aromatic heterocycles. The number of aryl methyl sites for hydroxylation is 1. The van der Waals surface area contributed by atoms with E-state index in [0.29, 0.717) is 12.1 Å². The van der Waals surface area contributed by atoms with Gasteiger partial charge < -0.3 is 10.1 Å². The molecule has 0 aliphatic carbocycles. The highest BCUT2D eigenvalue weighted by molar-refractivity contribution is 9.10. The standard InChI is InChI=1S/C13H16BrNO2/c1-9-5-10(7-11(14)6-9)13(16)15-8-12-3-2-4-17-12/h5-7,12H,2-4,8H2,1H3,(H,15,16). The molecule has 1 unspecified atom stereocenters. The highest BCUT2D eigenvalue weighted by atomic mass is 79.9. The van der Waals surface area contributed by atoms with Gasteiger partial charge in [0.25, 0.3) is 5.91 Å². The second-order valence-electron chi connectivity index (χ2n) is 4.36. The number of nitrogens with one attached hydrogen (secondary N) is 1. The Labute approximate surface area is 110 Å². The predicted molar refractivity (Wildman–Crippen MR) is 70.2 cm³/mol. The Balaban J connectivity index is 1.94. The Morgan fingerprint density at radius 2 is 2.35 bits per heavy atom. The van der Waals surface area contributed by atoms with E-state index in [1.54, 1.807) is 0 Å². The number of rotatable bonds is 3. The number of hydrogen-bond acceptors (Lipinski definition) is 2. The van der Waals surface area contributed by atoms with Gasteiger partial charge in [0.15, 0.2) is 0 Å². The average Bonchev–Trinajstić information content (AvgIpc) is 2.77. The number of ether oxygens (including phenoxy) is 1.